The third-order valence-electron chi connectivity index (χ3n) is 5.48. The Labute approximate surface area is 126 Å². The molecule has 6 rings (SSSR count). The van der Waals surface area contributed by atoms with Gasteiger partial charge in [0.2, 0.25) is 0 Å². The molecule has 0 aromatic carbocycles. The first-order valence-corrected chi connectivity index (χ1v) is 8.27. The van der Waals surface area contributed by atoms with Crippen LogP contribution in [0.4, 0.5) is 0 Å². The Kier molecular flexibility index (Phi) is 2.21. The summed E-state index contributed by atoms with van der Waals surface area (Å²) < 4.78 is 0. The van der Waals surface area contributed by atoms with Gasteiger partial charge in [0.25, 0.3) is 11.8 Å². The summed E-state index contributed by atoms with van der Waals surface area (Å²) in [7, 11) is 0. The van der Waals surface area contributed by atoms with E-state index in [9.17, 15) is 9.59 Å². The Morgan fingerprint density at radius 2 is 1.81 bits per heavy atom. The monoisotopic (exact) mass is 298 g/mol. The van der Waals surface area contributed by atoms with Crippen molar-refractivity contribution in [2.24, 2.45) is 40.6 Å². The zero-order chi connectivity index (χ0) is 14.1. The Hall–Kier alpha value is -1.75. The molecule has 1 aromatic rings. The lowest BCUT2D eigenvalue weighted by Crippen LogP contribution is -2.40. The van der Waals surface area contributed by atoms with Crippen molar-refractivity contribution in [3.8, 4) is 0 Å². The highest BCUT2D eigenvalue weighted by molar-refractivity contribution is 7.11. The summed E-state index contributed by atoms with van der Waals surface area (Å²) in [4.78, 5) is 26.2. The number of allylic oxidation sites excluding steroid dienone is 2. The van der Waals surface area contributed by atoms with Crippen LogP contribution in [0.25, 0.3) is 0 Å². The minimum Gasteiger partial charge on any atom is -0.272 e. The van der Waals surface area contributed by atoms with E-state index in [-0.39, 0.29) is 35.5 Å². The fourth-order valence-electron chi connectivity index (χ4n) is 4.53. The van der Waals surface area contributed by atoms with E-state index >= 15 is 0 Å². The second-order valence-electron chi connectivity index (χ2n) is 6.40. The quantitative estimate of drug-likeness (QED) is 0.477. The van der Waals surface area contributed by atoms with E-state index in [0.29, 0.717) is 11.8 Å². The van der Waals surface area contributed by atoms with Gasteiger partial charge in [0.1, 0.15) is 0 Å². The van der Waals surface area contributed by atoms with Crippen molar-refractivity contribution in [3.05, 3.63) is 34.5 Å². The van der Waals surface area contributed by atoms with Crippen molar-refractivity contribution in [2.45, 2.75) is 6.42 Å². The number of hydrogen-bond acceptors (Lipinski definition) is 4. The second-order valence-corrected chi connectivity index (χ2v) is 7.38. The van der Waals surface area contributed by atoms with Crippen LogP contribution in [0.2, 0.25) is 0 Å². The number of hydrazone groups is 1. The first-order chi connectivity index (χ1) is 10.3. The number of carbonyl (C=O) groups is 2. The predicted octanol–water partition coefficient (Wildman–Crippen LogP) is 2.14. The van der Waals surface area contributed by atoms with Gasteiger partial charge in [0.05, 0.1) is 18.1 Å². The summed E-state index contributed by atoms with van der Waals surface area (Å²) >= 11 is 1.54. The molecule has 21 heavy (non-hydrogen) atoms. The molecule has 1 aromatic heterocycles. The SMILES string of the molecule is O=C1[C@@H]2[C@@H]3C=C[C@H]([C@@H]4C[C@H]34)[C@H]2C(=O)N1/N=C\c1cccs1. The molecule has 5 heteroatoms. The van der Waals surface area contributed by atoms with E-state index in [0.717, 1.165) is 9.89 Å². The maximum Gasteiger partial charge on any atom is 0.254 e. The lowest BCUT2D eigenvalue weighted by Gasteiger charge is -2.37. The maximum atomic E-state index is 12.6. The fourth-order valence-corrected chi connectivity index (χ4v) is 5.11. The van der Waals surface area contributed by atoms with Gasteiger partial charge in [0, 0.05) is 4.88 Å². The first-order valence-electron chi connectivity index (χ1n) is 7.39. The van der Waals surface area contributed by atoms with Gasteiger partial charge in [-0.25, -0.2) is 0 Å². The summed E-state index contributed by atoms with van der Waals surface area (Å²) in [6, 6.07) is 3.85. The highest BCUT2D eigenvalue weighted by Gasteiger charge is 2.67. The average molecular weight is 298 g/mol. The molecule has 106 valence electrons. The fraction of sp³-hybridized carbons (Fsp3) is 0.438. The lowest BCUT2D eigenvalue weighted by molar-refractivity contribution is -0.140. The zero-order valence-electron chi connectivity index (χ0n) is 11.3. The topological polar surface area (TPSA) is 49.7 Å². The molecule has 0 unspecified atom stereocenters. The third kappa shape index (κ3) is 1.47. The second kappa shape index (κ2) is 3.91. The Balaban J connectivity index is 1.48. The number of thiophene rings is 1. The summed E-state index contributed by atoms with van der Waals surface area (Å²) in [5.41, 5.74) is 0. The van der Waals surface area contributed by atoms with Crippen LogP contribution >= 0.6 is 11.3 Å². The minimum atomic E-state index is -0.156. The Morgan fingerprint density at radius 3 is 2.38 bits per heavy atom. The largest absolute Gasteiger partial charge is 0.272 e. The molecule has 2 amide bonds. The molecule has 4 nitrogen and oxygen atoms in total. The van der Waals surface area contributed by atoms with Gasteiger partial charge < -0.3 is 0 Å². The van der Waals surface area contributed by atoms with Crippen molar-refractivity contribution in [1.82, 2.24) is 5.01 Å². The van der Waals surface area contributed by atoms with E-state index in [1.165, 1.54) is 6.42 Å². The van der Waals surface area contributed by atoms with Crippen molar-refractivity contribution < 1.29 is 9.59 Å². The van der Waals surface area contributed by atoms with E-state index in [1.807, 2.05) is 17.5 Å². The smallest absolute Gasteiger partial charge is 0.254 e. The molecule has 1 saturated heterocycles. The number of imide groups is 1. The average Bonchev–Trinajstić information content (AvgIpc) is 3.10. The highest BCUT2D eigenvalue weighted by Crippen LogP contribution is 2.65. The standard InChI is InChI=1S/C16H14N2O2S/c19-15-13-9-3-4-10(12-6-11(9)12)14(13)16(20)18(15)17-7-8-2-1-5-21-8/h1-5,7,9-14H,6H2/b17-7-/t9-,10-,11-,12+,13-,14-/m1/s1. The molecule has 6 atom stereocenters. The van der Waals surface area contributed by atoms with Crippen LogP contribution in [-0.2, 0) is 9.59 Å². The molecule has 4 aliphatic carbocycles. The molecule has 5 aliphatic rings. The van der Waals surface area contributed by atoms with E-state index < -0.39 is 0 Å². The van der Waals surface area contributed by atoms with Gasteiger partial charge in [-0.1, -0.05) is 18.2 Å². The summed E-state index contributed by atoms with van der Waals surface area (Å²) in [5.74, 6) is 1.31. The van der Waals surface area contributed by atoms with E-state index in [4.69, 9.17) is 0 Å². The molecule has 1 aliphatic heterocycles. The molecule has 2 heterocycles. The number of carbonyl (C=O) groups excluding carboxylic acids is 2. The van der Waals surface area contributed by atoms with E-state index in [2.05, 4.69) is 17.3 Å². The highest BCUT2D eigenvalue weighted by atomic mass is 32.1. The van der Waals surface area contributed by atoms with Gasteiger partial charge in [0.15, 0.2) is 0 Å². The van der Waals surface area contributed by atoms with Crippen LogP contribution in [0.15, 0.2) is 34.8 Å². The molecule has 0 N–H and O–H groups in total. The van der Waals surface area contributed by atoms with Gasteiger partial charge >= 0.3 is 0 Å². The van der Waals surface area contributed by atoms with Gasteiger partial charge in [-0.15, -0.1) is 11.3 Å². The number of amides is 2. The zero-order valence-corrected chi connectivity index (χ0v) is 12.1. The van der Waals surface area contributed by atoms with Crippen LogP contribution in [0.3, 0.4) is 0 Å². The number of hydrogen-bond donors (Lipinski definition) is 0. The molecular weight excluding hydrogens is 284 g/mol. The number of nitrogens with zero attached hydrogens (tertiary/aromatic N) is 2. The van der Waals surface area contributed by atoms with E-state index in [1.54, 1.807) is 17.6 Å². The molecule has 3 fully saturated rings. The number of rotatable bonds is 2. The summed E-state index contributed by atoms with van der Waals surface area (Å²) in [6.45, 7) is 0. The van der Waals surface area contributed by atoms with Gasteiger partial charge in [-0.3, -0.25) is 9.59 Å². The minimum absolute atomic E-state index is 0.0949. The summed E-state index contributed by atoms with van der Waals surface area (Å²) in [6.07, 6.45) is 7.16. The van der Waals surface area contributed by atoms with Crippen LogP contribution in [0.5, 0.6) is 0 Å². The Morgan fingerprint density at radius 1 is 1.14 bits per heavy atom. The van der Waals surface area contributed by atoms with Crippen LogP contribution in [0.1, 0.15) is 11.3 Å². The molecule has 0 spiro atoms. The molecule has 2 saturated carbocycles. The summed E-state index contributed by atoms with van der Waals surface area (Å²) in [5, 5.41) is 7.26. The predicted molar refractivity (Wildman–Crippen MR) is 78.5 cm³/mol. The molecule has 2 bridgehead atoms. The molecule has 0 radical (unpaired) electrons. The van der Waals surface area contributed by atoms with Gasteiger partial charge in [-0.05, 0) is 41.5 Å². The maximum absolute atomic E-state index is 12.6. The van der Waals surface area contributed by atoms with Crippen molar-refractivity contribution in [2.75, 3.05) is 0 Å². The van der Waals surface area contributed by atoms with Crippen LogP contribution in [0, 0.1) is 35.5 Å². The van der Waals surface area contributed by atoms with Crippen LogP contribution < -0.4 is 0 Å². The normalized spacial score (nSPS) is 42.8. The van der Waals surface area contributed by atoms with Crippen LogP contribution in [-0.4, -0.2) is 23.0 Å². The first kappa shape index (κ1) is 11.9. The Bertz CT molecular complexity index is 657. The van der Waals surface area contributed by atoms with Crippen molar-refractivity contribution in [1.29, 1.82) is 0 Å². The van der Waals surface area contributed by atoms with Crippen molar-refractivity contribution in [3.63, 3.8) is 0 Å². The van der Waals surface area contributed by atoms with Gasteiger partial charge in [-0.2, -0.15) is 10.1 Å². The lowest BCUT2D eigenvalue weighted by atomic mass is 9.63. The third-order valence-corrected chi connectivity index (χ3v) is 6.29. The molecular formula is C16H14N2O2S. The van der Waals surface area contributed by atoms with Crippen molar-refractivity contribution >= 4 is 29.4 Å².